The lowest BCUT2D eigenvalue weighted by Gasteiger charge is -1.90. The number of aromatic amines is 1. The van der Waals surface area contributed by atoms with Crippen molar-refractivity contribution in [1.82, 2.24) is 15.0 Å². The first-order valence-corrected chi connectivity index (χ1v) is 3.30. The van der Waals surface area contributed by atoms with Gasteiger partial charge in [0.1, 0.15) is 17.7 Å². The lowest BCUT2D eigenvalue weighted by molar-refractivity contribution is 0.515. The Hall–Kier alpha value is -1.91. The minimum Gasteiger partial charge on any atom is -0.416 e. The first-order chi connectivity index (χ1) is 5.86. The molecular weight excluding hydrogens is 158 g/mol. The lowest BCUT2D eigenvalue weighted by atomic mass is 10.4. The predicted molar refractivity (Wildman–Crippen MR) is 40.4 cm³/mol. The number of aromatic nitrogens is 3. The molecule has 2 aromatic rings. The molecule has 0 spiro atoms. The van der Waals surface area contributed by atoms with Crippen LogP contribution in [0.25, 0.3) is 11.4 Å². The largest absolute Gasteiger partial charge is 0.416 e. The van der Waals surface area contributed by atoms with Gasteiger partial charge in [0.05, 0.1) is 6.20 Å². The molecule has 12 heavy (non-hydrogen) atoms. The summed E-state index contributed by atoms with van der Waals surface area (Å²) in [6.45, 7) is 0. The van der Waals surface area contributed by atoms with E-state index in [1.807, 2.05) is 0 Å². The average Bonchev–Trinajstić information content (AvgIpc) is 2.54. The minimum atomic E-state index is -0.490. The van der Waals surface area contributed by atoms with E-state index in [4.69, 9.17) is 0 Å². The second-order valence-corrected chi connectivity index (χ2v) is 2.15. The van der Waals surface area contributed by atoms with Gasteiger partial charge in [-0.25, -0.2) is 4.79 Å². The van der Waals surface area contributed by atoms with Gasteiger partial charge < -0.3 is 4.42 Å². The van der Waals surface area contributed by atoms with Crippen LogP contribution in [0.15, 0.2) is 34.1 Å². The van der Waals surface area contributed by atoms with Crippen LogP contribution in [0.2, 0.25) is 0 Å². The third-order valence-corrected chi connectivity index (χ3v) is 1.36. The highest BCUT2D eigenvalue weighted by molar-refractivity contribution is 5.49. The molecule has 0 aromatic carbocycles. The van der Waals surface area contributed by atoms with E-state index in [0.29, 0.717) is 11.4 Å². The van der Waals surface area contributed by atoms with E-state index in [1.165, 1.54) is 6.26 Å². The molecule has 0 aliphatic rings. The van der Waals surface area contributed by atoms with Gasteiger partial charge in [-0.15, -0.1) is 0 Å². The van der Waals surface area contributed by atoms with Crippen LogP contribution in [-0.4, -0.2) is 15.0 Å². The van der Waals surface area contributed by atoms with Crippen molar-refractivity contribution < 1.29 is 4.42 Å². The van der Waals surface area contributed by atoms with Gasteiger partial charge in [-0.2, -0.15) is 0 Å². The number of hydrogen-bond donors (Lipinski definition) is 1. The Labute approximate surface area is 67.1 Å². The summed E-state index contributed by atoms with van der Waals surface area (Å²) < 4.78 is 4.54. The normalized spacial score (nSPS) is 10.0. The van der Waals surface area contributed by atoms with Crippen molar-refractivity contribution in [1.29, 1.82) is 0 Å². The van der Waals surface area contributed by atoms with Gasteiger partial charge >= 0.3 is 5.76 Å². The average molecular weight is 163 g/mol. The van der Waals surface area contributed by atoms with Gasteiger partial charge in [0.15, 0.2) is 0 Å². The lowest BCUT2D eigenvalue weighted by Crippen LogP contribution is -1.95. The zero-order chi connectivity index (χ0) is 8.39. The van der Waals surface area contributed by atoms with Crippen molar-refractivity contribution in [3.8, 4) is 11.4 Å². The molecule has 0 radical (unpaired) electrons. The SMILES string of the molecule is O=c1[nH]c(-c2cnccn2)co1. The monoisotopic (exact) mass is 163 g/mol. The topological polar surface area (TPSA) is 71.8 Å². The van der Waals surface area contributed by atoms with Crippen molar-refractivity contribution in [2.24, 2.45) is 0 Å². The molecule has 0 amide bonds. The Balaban J connectivity index is 2.51. The van der Waals surface area contributed by atoms with Gasteiger partial charge in [-0.3, -0.25) is 15.0 Å². The van der Waals surface area contributed by atoms with Gasteiger partial charge in [0, 0.05) is 12.4 Å². The molecule has 0 saturated heterocycles. The maximum Gasteiger partial charge on any atom is 0.416 e. The maximum absolute atomic E-state index is 10.6. The van der Waals surface area contributed by atoms with E-state index < -0.39 is 5.76 Å². The molecule has 0 unspecified atom stereocenters. The van der Waals surface area contributed by atoms with Gasteiger partial charge in [-0.05, 0) is 0 Å². The van der Waals surface area contributed by atoms with Gasteiger partial charge in [0.2, 0.25) is 0 Å². The second-order valence-electron chi connectivity index (χ2n) is 2.15. The van der Waals surface area contributed by atoms with Crippen LogP contribution in [0, 0.1) is 0 Å². The van der Waals surface area contributed by atoms with E-state index in [9.17, 15) is 4.79 Å². The fourth-order valence-electron chi connectivity index (χ4n) is 0.844. The summed E-state index contributed by atoms with van der Waals surface area (Å²) in [7, 11) is 0. The molecule has 1 N–H and O–H groups in total. The van der Waals surface area contributed by atoms with E-state index in [2.05, 4.69) is 19.4 Å². The Kier molecular flexibility index (Phi) is 1.48. The highest BCUT2D eigenvalue weighted by Gasteiger charge is 2.01. The molecule has 0 fully saturated rings. The van der Waals surface area contributed by atoms with Crippen LogP contribution in [0.1, 0.15) is 0 Å². The Morgan fingerprint density at radius 3 is 2.92 bits per heavy atom. The van der Waals surface area contributed by atoms with E-state index in [0.717, 1.165) is 0 Å². The highest BCUT2D eigenvalue weighted by atomic mass is 16.4. The number of hydrogen-bond acceptors (Lipinski definition) is 4. The van der Waals surface area contributed by atoms with Crippen molar-refractivity contribution in [3.63, 3.8) is 0 Å². The quantitative estimate of drug-likeness (QED) is 0.661. The smallest absolute Gasteiger partial charge is 0.416 e. The van der Waals surface area contributed by atoms with E-state index in [-0.39, 0.29) is 0 Å². The summed E-state index contributed by atoms with van der Waals surface area (Å²) in [6.07, 6.45) is 5.95. The summed E-state index contributed by atoms with van der Waals surface area (Å²) in [5.74, 6) is -0.490. The van der Waals surface area contributed by atoms with Gasteiger partial charge in [-0.1, -0.05) is 0 Å². The fraction of sp³-hybridized carbons (Fsp3) is 0. The molecule has 0 aliphatic carbocycles. The third kappa shape index (κ3) is 1.12. The number of nitrogens with one attached hydrogen (secondary N) is 1. The molecule has 5 heteroatoms. The molecule has 0 atom stereocenters. The summed E-state index contributed by atoms with van der Waals surface area (Å²) in [5, 5.41) is 0. The Morgan fingerprint density at radius 2 is 2.33 bits per heavy atom. The molecule has 2 aromatic heterocycles. The number of rotatable bonds is 1. The standard InChI is InChI=1S/C7H5N3O2/c11-7-10-6(4-12-7)5-3-8-1-2-9-5/h1-4H,(H,10,11). The Bertz CT molecular complexity index is 417. The van der Waals surface area contributed by atoms with Crippen LogP contribution >= 0.6 is 0 Å². The van der Waals surface area contributed by atoms with Crippen molar-refractivity contribution in [2.45, 2.75) is 0 Å². The second kappa shape index (κ2) is 2.61. The number of H-pyrrole nitrogens is 1. The maximum atomic E-state index is 10.6. The van der Waals surface area contributed by atoms with Crippen LogP contribution in [0.3, 0.4) is 0 Å². The van der Waals surface area contributed by atoms with Crippen molar-refractivity contribution >= 4 is 0 Å². The molecule has 60 valence electrons. The Morgan fingerprint density at radius 1 is 1.42 bits per heavy atom. The summed E-state index contributed by atoms with van der Waals surface area (Å²) in [5.41, 5.74) is 1.12. The fourth-order valence-corrected chi connectivity index (χ4v) is 0.844. The highest BCUT2D eigenvalue weighted by Crippen LogP contribution is 2.08. The molecule has 0 aliphatic heterocycles. The third-order valence-electron chi connectivity index (χ3n) is 1.36. The van der Waals surface area contributed by atoms with Gasteiger partial charge in [0.25, 0.3) is 0 Å². The van der Waals surface area contributed by atoms with Crippen molar-refractivity contribution in [3.05, 3.63) is 35.4 Å². The summed E-state index contributed by atoms with van der Waals surface area (Å²) in [6, 6.07) is 0. The van der Waals surface area contributed by atoms with E-state index >= 15 is 0 Å². The minimum absolute atomic E-state index is 0.490. The van der Waals surface area contributed by atoms with Crippen molar-refractivity contribution in [2.75, 3.05) is 0 Å². The number of oxazole rings is 1. The molecule has 2 heterocycles. The number of nitrogens with zero attached hydrogens (tertiary/aromatic N) is 2. The summed E-state index contributed by atoms with van der Waals surface area (Å²) in [4.78, 5) is 20.9. The van der Waals surface area contributed by atoms with Crippen LogP contribution in [-0.2, 0) is 0 Å². The van der Waals surface area contributed by atoms with E-state index in [1.54, 1.807) is 18.6 Å². The molecule has 0 saturated carbocycles. The van der Waals surface area contributed by atoms with Crippen LogP contribution in [0.4, 0.5) is 0 Å². The molecule has 5 nitrogen and oxygen atoms in total. The zero-order valence-corrected chi connectivity index (χ0v) is 6.02. The van der Waals surface area contributed by atoms with Crippen LogP contribution < -0.4 is 5.76 Å². The predicted octanol–water partition coefficient (Wildman–Crippen LogP) is 0.425. The molecular formula is C7H5N3O2. The first kappa shape index (κ1) is 6.78. The molecule has 2 rings (SSSR count). The summed E-state index contributed by atoms with van der Waals surface area (Å²) >= 11 is 0. The zero-order valence-electron chi connectivity index (χ0n) is 6.02. The first-order valence-electron chi connectivity index (χ1n) is 3.30. The van der Waals surface area contributed by atoms with Crippen LogP contribution in [0.5, 0.6) is 0 Å². The molecule has 0 bridgehead atoms.